The molecule has 0 spiro atoms. The molecule has 0 aromatic heterocycles. The Hall–Kier alpha value is -1.64. The van der Waals surface area contributed by atoms with Crippen LogP contribution in [0.5, 0.6) is 0 Å². The van der Waals surface area contributed by atoms with Gasteiger partial charge in [0.15, 0.2) is 0 Å². The van der Waals surface area contributed by atoms with Gasteiger partial charge in [-0.1, -0.05) is 44.2 Å². The summed E-state index contributed by atoms with van der Waals surface area (Å²) in [5.41, 5.74) is 0.969. The summed E-state index contributed by atoms with van der Waals surface area (Å²) < 4.78 is 5.09. The highest BCUT2D eigenvalue weighted by Gasteiger charge is 2.33. The van der Waals surface area contributed by atoms with Gasteiger partial charge >= 0.3 is 5.97 Å². The van der Waals surface area contributed by atoms with Crippen LogP contribution in [0, 0.1) is 5.92 Å². The maximum Gasteiger partial charge on any atom is 0.310 e. The molecule has 2 rings (SSSR count). The first-order valence-corrected chi connectivity index (χ1v) is 5.98. The third kappa shape index (κ3) is 4.02. The second-order valence-electron chi connectivity index (χ2n) is 3.74. The van der Waals surface area contributed by atoms with Crippen molar-refractivity contribution in [1.29, 1.82) is 0 Å². The maximum absolute atomic E-state index is 11.4. The van der Waals surface area contributed by atoms with Crippen LogP contribution in [0.2, 0.25) is 0 Å². The molecule has 0 unspecified atom stereocenters. The number of benzene rings is 1. The molecular formula is C14H18O3. The molecule has 1 aromatic carbocycles. The number of rotatable bonds is 3. The first kappa shape index (κ1) is 13.4. The van der Waals surface area contributed by atoms with Crippen molar-refractivity contribution in [2.75, 3.05) is 0 Å². The van der Waals surface area contributed by atoms with Crippen LogP contribution in [0.1, 0.15) is 32.3 Å². The second kappa shape index (κ2) is 6.84. The summed E-state index contributed by atoms with van der Waals surface area (Å²) >= 11 is 0. The van der Waals surface area contributed by atoms with Crippen LogP contribution >= 0.6 is 0 Å². The fraction of sp³-hybridized carbons (Fsp3) is 0.429. The van der Waals surface area contributed by atoms with Crippen LogP contribution < -0.4 is 0 Å². The molecule has 0 bridgehead atoms. The summed E-state index contributed by atoms with van der Waals surface area (Å²) in [5, 5.41) is 0. The predicted octanol–water partition coefficient (Wildman–Crippen LogP) is 2.74. The number of carbonyl (C=O) groups is 2. The number of hydrogen-bond donors (Lipinski definition) is 0. The first-order chi connectivity index (χ1) is 8.25. The SMILES string of the molecule is CC.O=C1CC(C(=O)OCc2ccccc2)C1. The summed E-state index contributed by atoms with van der Waals surface area (Å²) in [6.07, 6.45) is 0.710. The number of carbonyl (C=O) groups excluding carboxylic acids is 2. The van der Waals surface area contributed by atoms with Gasteiger partial charge in [0.1, 0.15) is 12.4 Å². The monoisotopic (exact) mass is 234 g/mol. The summed E-state index contributed by atoms with van der Waals surface area (Å²) in [4.78, 5) is 22.1. The Morgan fingerprint density at radius 3 is 2.35 bits per heavy atom. The van der Waals surface area contributed by atoms with E-state index in [-0.39, 0.29) is 17.7 Å². The Bertz CT molecular complexity index is 362. The van der Waals surface area contributed by atoms with Crippen LogP contribution in [-0.2, 0) is 20.9 Å². The van der Waals surface area contributed by atoms with Gasteiger partial charge in [0.2, 0.25) is 0 Å². The predicted molar refractivity (Wildman–Crippen MR) is 65.3 cm³/mol. The van der Waals surface area contributed by atoms with Gasteiger partial charge in [0.05, 0.1) is 5.92 Å². The molecule has 3 heteroatoms. The zero-order valence-corrected chi connectivity index (χ0v) is 10.3. The Morgan fingerprint density at radius 1 is 1.24 bits per heavy atom. The molecule has 17 heavy (non-hydrogen) atoms. The minimum Gasteiger partial charge on any atom is -0.461 e. The van der Waals surface area contributed by atoms with E-state index in [1.165, 1.54) is 0 Å². The molecule has 0 amide bonds. The first-order valence-electron chi connectivity index (χ1n) is 5.98. The topological polar surface area (TPSA) is 43.4 Å². The largest absolute Gasteiger partial charge is 0.461 e. The molecule has 0 N–H and O–H groups in total. The van der Waals surface area contributed by atoms with E-state index in [4.69, 9.17) is 4.74 Å². The van der Waals surface area contributed by atoms with Crippen molar-refractivity contribution in [3.8, 4) is 0 Å². The summed E-state index contributed by atoms with van der Waals surface area (Å²) in [6.45, 7) is 4.30. The minimum atomic E-state index is -0.251. The van der Waals surface area contributed by atoms with E-state index < -0.39 is 0 Å². The van der Waals surface area contributed by atoms with Gasteiger partial charge in [0.25, 0.3) is 0 Å². The van der Waals surface area contributed by atoms with Crippen LogP contribution in [0.3, 0.4) is 0 Å². The van der Waals surface area contributed by atoms with Crippen LogP contribution in [0.15, 0.2) is 30.3 Å². The van der Waals surface area contributed by atoms with E-state index in [1.807, 2.05) is 44.2 Å². The molecule has 0 heterocycles. The van der Waals surface area contributed by atoms with Gasteiger partial charge in [-0.2, -0.15) is 0 Å². The van der Waals surface area contributed by atoms with Crippen LogP contribution in [0.4, 0.5) is 0 Å². The highest BCUT2D eigenvalue weighted by molar-refractivity contribution is 5.94. The van der Waals surface area contributed by atoms with Gasteiger partial charge in [-0.05, 0) is 5.56 Å². The molecule has 1 saturated carbocycles. The third-order valence-corrected chi connectivity index (χ3v) is 2.51. The van der Waals surface area contributed by atoms with Gasteiger partial charge in [-0.15, -0.1) is 0 Å². The Kier molecular flexibility index (Phi) is 5.40. The number of Topliss-reactive ketones (excluding diaryl/α,β-unsaturated/α-hetero) is 1. The second-order valence-corrected chi connectivity index (χ2v) is 3.74. The fourth-order valence-corrected chi connectivity index (χ4v) is 1.50. The van der Waals surface area contributed by atoms with Gasteiger partial charge in [0, 0.05) is 12.8 Å². The van der Waals surface area contributed by atoms with Crippen LogP contribution in [-0.4, -0.2) is 11.8 Å². The summed E-state index contributed by atoms with van der Waals surface area (Å²) in [7, 11) is 0. The Morgan fingerprint density at radius 2 is 1.82 bits per heavy atom. The van der Waals surface area contributed by atoms with Gasteiger partial charge in [-0.3, -0.25) is 9.59 Å². The molecule has 1 fully saturated rings. The molecule has 1 aromatic rings. The molecule has 92 valence electrons. The lowest BCUT2D eigenvalue weighted by Gasteiger charge is -2.21. The maximum atomic E-state index is 11.4. The third-order valence-electron chi connectivity index (χ3n) is 2.51. The average molecular weight is 234 g/mol. The number of ether oxygens (including phenoxy) is 1. The Labute approximate surface area is 102 Å². The molecule has 1 aliphatic carbocycles. The zero-order valence-electron chi connectivity index (χ0n) is 10.3. The van der Waals surface area contributed by atoms with Crippen molar-refractivity contribution in [2.24, 2.45) is 5.92 Å². The van der Waals surface area contributed by atoms with Crippen molar-refractivity contribution in [2.45, 2.75) is 33.3 Å². The lowest BCUT2D eigenvalue weighted by Crippen LogP contribution is -2.31. The molecule has 1 aliphatic rings. The van der Waals surface area contributed by atoms with Crippen molar-refractivity contribution >= 4 is 11.8 Å². The van der Waals surface area contributed by atoms with E-state index >= 15 is 0 Å². The standard InChI is InChI=1S/C12H12O3.C2H6/c13-11-6-10(7-11)12(14)15-8-9-4-2-1-3-5-9;1-2/h1-5,10H,6-8H2;1-2H3. The van der Waals surface area contributed by atoms with Crippen molar-refractivity contribution < 1.29 is 14.3 Å². The van der Waals surface area contributed by atoms with Crippen LogP contribution in [0.25, 0.3) is 0 Å². The summed E-state index contributed by atoms with van der Waals surface area (Å²) in [5.74, 6) is -0.295. The van der Waals surface area contributed by atoms with Crippen molar-refractivity contribution in [1.82, 2.24) is 0 Å². The zero-order chi connectivity index (χ0) is 12.7. The molecule has 0 aliphatic heterocycles. The van der Waals surface area contributed by atoms with E-state index in [2.05, 4.69) is 0 Å². The lowest BCUT2D eigenvalue weighted by atomic mass is 9.84. The van der Waals surface area contributed by atoms with E-state index in [1.54, 1.807) is 0 Å². The lowest BCUT2D eigenvalue weighted by molar-refractivity contribution is -0.156. The average Bonchev–Trinajstić information content (AvgIpc) is 2.36. The molecular weight excluding hydrogens is 216 g/mol. The van der Waals surface area contributed by atoms with E-state index in [9.17, 15) is 9.59 Å². The van der Waals surface area contributed by atoms with Gasteiger partial charge in [-0.25, -0.2) is 0 Å². The smallest absolute Gasteiger partial charge is 0.310 e. The van der Waals surface area contributed by atoms with E-state index in [0.29, 0.717) is 19.4 Å². The molecule has 3 nitrogen and oxygen atoms in total. The Balaban J connectivity index is 0.000000686. The summed E-state index contributed by atoms with van der Waals surface area (Å²) in [6, 6.07) is 9.51. The number of hydrogen-bond acceptors (Lipinski definition) is 3. The van der Waals surface area contributed by atoms with Crippen molar-refractivity contribution in [3.05, 3.63) is 35.9 Å². The van der Waals surface area contributed by atoms with Crippen molar-refractivity contribution in [3.63, 3.8) is 0 Å². The highest BCUT2D eigenvalue weighted by atomic mass is 16.5. The minimum absolute atomic E-state index is 0.150. The van der Waals surface area contributed by atoms with E-state index in [0.717, 1.165) is 5.56 Å². The normalized spacial score (nSPS) is 14.4. The quantitative estimate of drug-likeness (QED) is 0.755. The fourth-order valence-electron chi connectivity index (χ4n) is 1.50. The highest BCUT2D eigenvalue weighted by Crippen LogP contribution is 2.24. The number of ketones is 1. The molecule has 0 radical (unpaired) electrons. The number of esters is 1. The molecule has 0 saturated heterocycles. The molecule has 0 atom stereocenters. The van der Waals surface area contributed by atoms with Gasteiger partial charge < -0.3 is 4.74 Å².